The average Bonchev–Trinajstić information content (AvgIpc) is 2.58. The molecule has 0 spiro atoms. The molecule has 2 heteroatoms. The van der Waals surface area contributed by atoms with Crippen LogP contribution in [-0.4, -0.2) is 25.3 Å². The van der Waals surface area contributed by atoms with E-state index >= 15 is 0 Å². The molecule has 2 nitrogen and oxygen atoms in total. The van der Waals surface area contributed by atoms with Crippen LogP contribution in [0.25, 0.3) is 0 Å². The van der Waals surface area contributed by atoms with Gasteiger partial charge in [-0.15, -0.1) is 0 Å². The van der Waals surface area contributed by atoms with Crippen LogP contribution in [0.2, 0.25) is 0 Å². The Kier molecular flexibility index (Phi) is 4.45. The fourth-order valence-electron chi connectivity index (χ4n) is 2.98. The van der Waals surface area contributed by atoms with Crippen LogP contribution in [0.3, 0.4) is 0 Å². The van der Waals surface area contributed by atoms with Crippen molar-refractivity contribution in [3.63, 3.8) is 0 Å². The van der Waals surface area contributed by atoms with Gasteiger partial charge in [0, 0.05) is 18.7 Å². The van der Waals surface area contributed by atoms with Crippen LogP contribution in [0.5, 0.6) is 0 Å². The van der Waals surface area contributed by atoms with E-state index in [9.17, 15) is 0 Å². The minimum atomic E-state index is 0.628. The minimum absolute atomic E-state index is 0.628. The van der Waals surface area contributed by atoms with Crippen molar-refractivity contribution in [2.24, 2.45) is 5.92 Å². The predicted molar refractivity (Wildman–Crippen MR) is 63.0 cm³/mol. The molecule has 88 valence electrons. The highest BCUT2D eigenvalue weighted by Gasteiger charge is 2.23. The summed E-state index contributed by atoms with van der Waals surface area (Å²) < 4.78 is 5.41. The number of ether oxygens (including phenoxy) is 1. The topological polar surface area (TPSA) is 21.3 Å². The van der Waals surface area contributed by atoms with Crippen molar-refractivity contribution in [2.45, 2.75) is 64.0 Å². The van der Waals surface area contributed by atoms with E-state index in [0.717, 1.165) is 19.1 Å². The molecule has 1 saturated carbocycles. The lowest BCUT2D eigenvalue weighted by Crippen LogP contribution is -2.41. The number of hydrogen-bond donors (Lipinski definition) is 1. The third-order valence-corrected chi connectivity index (χ3v) is 4.04. The van der Waals surface area contributed by atoms with Crippen molar-refractivity contribution >= 4 is 0 Å². The molecule has 0 bridgehead atoms. The van der Waals surface area contributed by atoms with Crippen LogP contribution in [0.1, 0.15) is 51.9 Å². The molecule has 2 fully saturated rings. The first-order valence-corrected chi connectivity index (χ1v) is 6.70. The van der Waals surface area contributed by atoms with Gasteiger partial charge in [0.25, 0.3) is 0 Å². The molecular formula is C13H25NO. The van der Waals surface area contributed by atoms with Gasteiger partial charge in [-0.2, -0.15) is 0 Å². The molecule has 1 unspecified atom stereocenters. The van der Waals surface area contributed by atoms with Crippen molar-refractivity contribution in [3.8, 4) is 0 Å². The maximum atomic E-state index is 5.41. The van der Waals surface area contributed by atoms with Gasteiger partial charge in [0.2, 0.25) is 0 Å². The van der Waals surface area contributed by atoms with E-state index in [0.29, 0.717) is 12.1 Å². The molecule has 1 aliphatic heterocycles. The standard InChI is InChI=1S/C13H25NO/c1-11(14-13-8-9-15-10-13)12-6-4-2-3-5-7-12/h11-14H,2-10H2,1H3/t11-,13?/m1/s1. The number of hydrogen-bond acceptors (Lipinski definition) is 2. The summed E-state index contributed by atoms with van der Waals surface area (Å²) in [7, 11) is 0. The molecule has 0 aromatic rings. The Morgan fingerprint density at radius 3 is 2.40 bits per heavy atom. The zero-order valence-corrected chi connectivity index (χ0v) is 10.0. The predicted octanol–water partition coefficient (Wildman–Crippen LogP) is 2.72. The Morgan fingerprint density at radius 1 is 1.07 bits per heavy atom. The SMILES string of the molecule is C[C@@H](NC1CCOC1)C1CCCCCC1. The molecule has 0 aromatic carbocycles. The number of rotatable bonds is 3. The van der Waals surface area contributed by atoms with E-state index in [4.69, 9.17) is 4.74 Å². The minimum Gasteiger partial charge on any atom is -0.380 e. The van der Waals surface area contributed by atoms with Crippen LogP contribution in [0.15, 0.2) is 0 Å². The lowest BCUT2D eigenvalue weighted by atomic mass is 9.92. The van der Waals surface area contributed by atoms with E-state index in [1.54, 1.807) is 0 Å². The van der Waals surface area contributed by atoms with Crippen molar-refractivity contribution in [1.29, 1.82) is 0 Å². The highest BCUT2D eigenvalue weighted by molar-refractivity contribution is 4.80. The summed E-state index contributed by atoms with van der Waals surface area (Å²) in [6.07, 6.45) is 9.86. The molecule has 15 heavy (non-hydrogen) atoms. The largest absolute Gasteiger partial charge is 0.380 e. The van der Waals surface area contributed by atoms with Crippen LogP contribution in [0.4, 0.5) is 0 Å². The van der Waals surface area contributed by atoms with Gasteiger partial charge in [-0.25, -0.2) is 0 Å². The first kappa shape index (κ1) is 11.4. The van der Waals surface area contributed by atoms with Gasteiger partial charge in [-0.3, -0.25) is 0 Å². The maximum Gasteiger partial charge on any atom is 0.0620 e. The summed E-state index contributed by atoms with van der Waals surface area (Å²) in [4.78, 5) is 0. The lowest BCUT2D eigenvalue weighted by Gasteiger charge is -2.26. The molecule has 1 N–H and O–H groups in total. The normalized spacial score (nSPS) is 31.4. The van der Waals surface area contributed by atoms with Gasteiger partial charge in [-0.05, 0) is 32.1 Å². The zero-order chi connectivity index (χ0) is 10.5. The monoisotopic (exact) mass is 211 g/mol. The van der Waals surface area contributed by atoms with E-state index in [1.807, 2.05) is 0 Å². The Hall–Kier alpha value is -0.0800. The van der Waals surface area contributed by atoms with Gasteiger partial charge in [0.05, 0.1) is 6.61 Å². The second kappa shape index (κ2) is 5.86. The van der Waals surface area contributed by atoms with E-state index in [-0.39, 0.29) is 0 Å². The molecule has 1 saturated heterocycles. The maximum absolute atomic E-state index is 5.41. The third kappa shape index (κ3) is 3.46. The van der Waals surface area contributed by atoms with Crippen LogP contribution < -0.4 is 5.32 Å². The van der Waals surface area contributed by atoms with Gasteiger partial charge in [0.15, 0.2) is 0 Å². The second-order valence-electron chi connectivity index (χ2n) is 5.27. The molecule has 2 rings (SSSR count). The fraction of sp³-hybridized carbons (Fsp3) is 1.00. The molecule has 0 radical (unpaired) electrons. The summed E-state index contributed by atoms with van der Waals surface area (Å²) in [5.41, 5.74) is 0. The van der Waals surface area contributed by atoms with E-state index in [2.05, 4.69) is 12.2 Å². The Bertz CT molecular complexity index is 169. The van der Waals surface area contributed by atoms with Crippen molar-refractivity contribution in [1.82, 2.24) is 5.32 Å². The summed E-state index contributed by atoms with van der Waals surface area (Å²) in [5, 5.41) is 3.75. The summed E-state index contributed by atoms with van der Waals surface area (Å²) in [5.74, 6) is 0.910. The van der Waals surface area contributed by atoms with Crippen molar-refractivity contribution in [2.75, 3.05) is 13.2 Å². The van der Waals surface area contributed by atoms with Crippen molar-refractivity contribution in [3.05, 3.63) is 0 Å². The van der Waals surface area contributed by atoms with E-state index < -0.39 is 0 Å². The summed E-state index contributed by atoms with van der Waals surface area (Å²) in [6, 6.07) is 1.32. The quantitative estimate of drug-likeness (QED) is 0.725. The first-order valence-electron chi connectivity index (χ1n) is 6.70. The fourth-order valence-corrected chi connectivity index (χ4v) is 2.98. The highest BCUT2D eigenvalue weighted by atomic mass is 16.5. The second-order valence-corrected chi connectivity index (χ2v) is 5.27. The van der Waals surface area contributed by atoms with Crippen molar-refractivity contribution < 1.29 is 4.74 Å². The molecule has 2 aliphatic rings. The van der Waals surface area contributed by atoms with Crippen LogP contribution in [-0.2, 0) is 4.74 Å². The Labute approximate surface area is 93.8 Å². The molecule has 0 amide bonds. The van der Waals surface area contributed by atoms with Gasteiger partial charge in [-0.1, -0.05) is 25.7 Å². The summed E-state index contributed by atoms with van der Waals surface area (Å²) >= 11 is 0. The lowest BCUT2D eigenvalue weighted by molar-refractivity contribution is 0.184. The third-order valence-electron chi connectivity index (χ3n) is 4.04. The Balaban J connectivity index is 1.74. The smallest absolute Gasteiger partial charge is 0.0620 e. The zero-order valence-electron chi connectivity index (χ0n) is 10.0. The van der Waals surface area contributed by atoms with Gasteiger partial charge in [0.1, 0.15) is 0 Å². The van der Waals surface area contributed by atoms with Gasteiger partial charge >= 0.3 is 0 Å². The van der Waals surface area contributed by atoms with Crippen LogP contribution >= 0.6 is 0 Å². The molecular weight excluding hydrogens is 186 g/mol. The van der Waals surface area contributed by atoms with Gasteiger partial charge < -0.3 is 10.1 Å². The van der Waals surface area contributed by atoms with E-state index in [1.165, 1.54) is 44.9 Å². The molecule has 1 heterocycles. The first-order chi connectivity index (χ1) is 7.36. The summed E-state index contributed by atoms with van der Waals surface area (Å²) in [6.45, 7) is 4.25. The number of nitrogens with one attached hydrogen (secondary N) is 1. The van der Waals surface area contributed by atoms with Crippen LogP contribution in [0, 0.1) is 5.92 Å². The average molecular weight is 211 g/mol. The molecule has 1 aliphatic carbocycles. The molecule has 2 atom stereocenters. The molecule has 0 aromatic heterocycles. The Morgan fingerprint density at radius 2 is 1.80 bits per heavy atom. The highest BCUT2D eigenvalue weighted by Crippen LogP contribution is 2.26.